The number of rotatable bonds is 5. The molecule has 2 aliphatic heterocycles. The molecule has 196 valence electrons. The van der Waals surface area contributed by atoms with E-state index in [1.807, 2.05) is 13.0 Å². The highest BCUT2D eigenvalue weighted by Crippen LogP contribution is 2.40. The van der Waals surface area contributed by atoms with Gasteiger partial charge in [-0.05, 0) is 81.8 Å². The molecule has 1 unspecified atom stereocenters. The van der Waals surface area contributed by atoms with Crippen molar-refractivity contribution in [2.45, 2.75) is 70.8 Å². The molecule has 4 rings (SSSR count). The average molecular weight is 506 g/mol. The lowest BCUT2D eigenvalue weighted by molar-refractivity contribution is -0.141. The zero-order chi connectivity index (χ0) is 26.3. The van der Waals surface area contributed by atoms with Crippen LogP contribution < -0.4 is 4.74 Å². The minimum Gasteiger partial charge on any atom is -0.490 e. The third kappa shape index (κ3) is 5.67. The van der Waals surface area contributed by atoms with Crippen LogP contribution in [0.3, 0.4) is 0 Å². The molecule has 2 aromatic rings. The van der Waals surface area contributed by atoms with Crippen LogP contribution in [0.5, 0.6) is 5.75 Å². The number of aliphatic hydroxyl groups is 1. The zero-order valence-corrected chi connectivity index (χ0v) is 21.2. The second kappa shape index (κ2) is 10.0. The van der Waals surface area contributed by atoms with Gasteiger partial charge in [-0.1, -0.05) is 6.07 Å². The van der Waals surface area contributed by atoms with Crippen molar-refractivity contribution in [3.05, 3.63) is 58.4 Å². The number of aromatic nitrogens is 1. The van der Waals surface area contributed by atoms with E-state index in [1.54, 1.807) is 18.7 Å². The van der Waals surface area contributed by atoms with Gasteiger partial charge >= 0.3 is 6.18 Å². The Morgan fingerprint density at radius 1 is 1.11 bits per heavy atom. The molecular formula is C27H34F3N3O3. The molecule has 36 heavy (non-hydrogen) atoms. The summed E-state index contributed by atoms with van der Waals surface area (Å²) < 4.78 is 44.3. The van der Waals surface area contributed by atoms with Crippen molar-refractivity contribution in [2.24, 2.45) is 0 Å². The smallest absolute Gasteiger partial charge is 0.433 e. The lowest BCUT2D eigenvalue weighted by Crippen LogP contribution is -2.57. The highest BCUT2D eigenvalue weighted by atomic mass is 19.4. The van der Waals surface area contributed by atoms with Gasteiger partial charge in [0.15, 0.2) is 0 Å². The Bertz CT molecular complexity index is 1100. The van der Waals surface area contributed by atoms with E-state index >= 15 is 0 Å². The van der Waals surface area contributed by atoms with Crippen LogP contribution in [0.1, 0.15) is 71.9 Å². The normalized spacial score (nSPS) is 21.3. The number of hydrogen-bond donors (Lipinski definition) is 1. The third-order valence-electron chi connectivity index (χ3n) is 7.25. The first-order chi connectivity index (χ1) is 16.8. The molecule has 1 aromatic heterocycles. The highest BCUT2D eigenvalue weighted by Gasteiger charge is 2.38. The summed E-state index contributed by atoms with van der Waals surface area (Å²) in [6, 6.07) is 6.58. The first-order valence-corrected chi connectivity index (χ1v) is 12.4. The molecule has 0 spiro atoms. The summed E-state index contributed by atoms with van der Waals surface area (Å²) in [4.78, 5) is 20.7. The Morgan fingerprint density at radius 2 is 1.86 bits per heavy atom. The number of halogens is 3. The molecule has 1 aromatic carbocycles. The van der Waals surface area contributed by atoms with Crippen molar-refractivity contribution in [3.63, 3.8) is 0 Å². The highest BCUT2D eigenvalue weighted by molar-refractivity contribution is 5.94. The van der Waals surface area contributed by atoms with Crippen molar-refractivity contribution in [1.82, 2.24) is 14.8 Å². The van der Waals surface area contributed by atoms with E-state index in [0.29, 0.717) is 19.6 Å². The maximum atomic E-state index is 13.0. The van der Waals surface area contributed by atoms with Gasteiger partial charge in [0.05, 0.1) is 11.2 Å². The van der Waals surface area contributed by atoms with E-state index in [0.717, 1.165) is 42.8 Å². The first-order valence-electron chi connectivity index (χ1n) is 12.4. The molecule has 3 heterocycles. The third-order valence-corrected chi connectivity index (χ3v) is 7.25. The van der Waals surface area contributed by atoms with Gasteiger partial charge in [0.2, 0.25) is 0 Å². The predicted octanol–water partition coefficient (Wildman–Crippen LogP) is 4.92. The molecular weight excluding hydrogens is 471 g/mol. The number of piperidine rings is 1. The van der Waals surface area contributed by atoms with Crippen molar-refractivity contribution in [2.75, 3.05) is 26.2 Å². The number of fused-ring (bicyclic) bond motifs is 1. The van der Waals surface area contributed by atoms with Crippen LogP contribution in [-0.4, -0.2) is 63.7 Å². The van der Waals surface area contributed by atoms with Gasteiger partial charge in [-0.2, -0.15) is 13.2 Å². The fraction of sp³-hybridized carbons (Fsp3) is 0.556. The van der Waals surface area contributed by atoms with Crippen LogP contribution in [0, 0.1) is 13.8 Å². The molecule has 1 amide bonds. The molecule has 9 heteroatoms. The maximum absolute atomic E-state index is 13.0. The summed E-state index contributed by atoms with van der Waals surface area (Å²) in [5.74, 6) is 0.490. The van der Waals surface area contributed by atoms with Crippen molar-refractivity contribution >= 4 is 5.91 Å². The quantitative estimate of drug-likeness (QED) is 0.625. The lowest BCUT2D eigenvalue weighted by atomic mass is 9.86. The average Bonchev–Trinajstić information content (AvgIpc) is 2.83. The number of carbonyl (C=O) groups is 1. The first kappa shape index (κ1) is 26.4. The summed E-state index contributed by atoms with van der Waals surface area (Å²) in [7, 11) is 0. The molecule has 0 saturated carbocycles. The number of amides is 1. The summed E-state index contributed by atoms with van der Waals surface area (Å²) in [6.07, 6.45) is -0.478. The number of hydrogen-bond acceptors (Lipinski definition) is 5. The molecule has 1 N–H and O–H groups in total. The zero-order valence-electron chi connectivity index (χ0n) is 21.2. The number of ether oxygens (including phenoxy) is 1. The summed E-state index contributed by atoms with van der Waals surface area (Å²) in [6.45, 7) is 9.52. The Hall–Kier alpha value is -2.65. The summed E-state index contributed by atoms with van der Waals surface area (Å²) in [5, 5.41) is 10.00. The van der Waals surface area contributed by atoms with Gasteiger partial charge in [0, 0.05) is 37.9 Å². The topological polar surface area (TPSA) is 65.9 Å². The van der Waals surface area contributed by atoms with Gasteiger partial charge < -0.3 is 14.7 Å². The van der Waals surface area contributed by atoms with Crippen LogP contribution in [0.2, 0.25) is 0 Å². The molecule has 0 radical (unpaired) electrons. The van der Waals surface area contributed by atoms with E-state index in [4.69, 9.17) is 4.74 Å². The van der Waals surface area contributed by atoms with Crippen molar-refractivity contribution in [1.29, 1.82) is 0 Å². The van der Waals surface area contributed by atoms with Crippen LogP contribution in [-0.2, 0) is 6.18 Å². The largest absolute Gasteiger partial charge is 0.490 e. The Kier molecular flexibility index (Phi) is 7.35. The SMILES string of the molecule is Cc1c(OCC(C)(C)O)ccc([C@H]2CCCC3CN(C(=O)c4ccc(C(F)(F)F)nc4)CCN32)c1C. The van der Waals surface area contributed by atoms with E-state index in [1.165, 1.54) is 17.2 Å². The number of nitrogens with zero attached hydrogens (tertiary/aromatic N) is 3. The van der Waals surface area contributed by atoms with Crippen LogP contribution in [0.15, 0.2) is 30.5 Å². The number of piperazine rings is 1. The molecule has 2 aliphatic rings. The van der Waals surface area contributed by atoms with Crippen LogP contribution in [0.25, 0.3) is 0 Å². The van der Waals surface area contributed by atoms with Crippen molar-refractivity contribution < 1.29 is 27.8 Å². The van der Waals surface area contributed by atoms with Gasteiger partial charge in [-0.3, -0.25) is 14.7 Å². The van der Waals surface area contributed by atoms with E-state index < -0.39 is 17.5 Å². The van der Waals surface area contributed by atoms with Crippen LogP contribution in [0.4, 0.5) is 13.2 Å². The molecule has 0 aliphatic carbocycles. The molecule has 2 atom stereocenters. The number of carbonyl (C=O) groups excluding carboxylic acids is 1. The number of benzene rings is 1. The fourth-order valence-corrected chi connectivity index (χ4v) is 5.23. The Morgan fingerprint density at radius 3 is 2.50 bits per heavy atom. The van der Waals surface area contributed by atoms with Crippen LogP contribution >= 0.6 is 0 Å². The molecule has 6 nitrogen and oxygen atoms in total. The van der Waals surface area contributed by atoms with Crippen molar-refractivity contribution in [3.8, 4) is 5.75 Å². The number of alkyl halides is 3. The minimum absolute atomic E-state index is 0.178. The lowest BCUT2D eigenvalue weighted by Gasteiger charge is -2.48. The molecule has 2 fully saturated rings. The van der Waals surface area contributed by atoms with Gasteiger partial charge in [-0.25, -0.2) is 0 Å². The molecule has 0 bridgehead atoms. The standard InChI is InChI=1S/C27H34F3N3O3/c1-17-18(2)23(36-16-26(3,4)35)10-9-21(17)22-7-5-6-20-15-32(12-13-33(20)22)25(34)19-8-11-24(31-14-19)27(28,29)30/h8-11,14,20,22,35H,5-7,12-13,15-16H2,1-4H3/t20?,22-/m1/s1. The van der Waals surface area contributed by atoms with E-state index in [-0.39, 0.29) is 30.2 Å². The Balaban J connectivity index is 1.46. The van der Waals surface area contributed by atoms with Gasteiger partial charge in [0.1, 0.15) is 18.1 Å². The van der Waals surface area contributed by atoms with E-state index in [9.17, 15) is 23.1 Å². The summed E-state index contributed by atoms with van der Waals surface area (Å²) >= 11 is 0. The predicted molar refractivity (Wildman–Crippen MR) is 130 cm³/mol. The second-order valence-electron chi connectivity index (χ2n) is 10.5. The number of pyridine rings is 1. The summed E-state index contributed by atoms with van der Waals surface area (Å²) in [5.41, 5.74) is 1.74. The second-order valence-corrected chi connectivity index (χ2v) is 10.5. The van der Waals surface area contributed by atoms with Gasteiger partial charge in [-0.15, -0.1) is 0 Å². The van der Waals surface area contributed by atoms with E-state index in [2.05, 4.69) is 22.9 Å². The molecule has 2 saturated heterocycles. The monoisotopic (exact) mass is 505 g/mol. The fourth-order valence-electron chi connectivity index (χ4n) is 5.23. The Labute approximate surface area is 210 Å². The van der Waals surface area contributed by atoms with Gasteiger partial charge in [0.25, 0.3) is 5.91 Å². The minimum atomic E-state index is -4.53. The maximum Gasteiger partial charge on any atom is 0.433 e.